The van der Waals surface area contributed by atoms with Gasteiger partial charge in [-0.3, -0.25) is 0 Å². The van der Waals surface area contributed by atoms with Crippen LogP contribution in [0.25, 0.3) is 5.78 Å². The number of hydrogen-bond donors (Lipinski definition) is 0. The highest BCUT2D eigenvalue weighted by Crippen LogP contribution is 2.26. The first-order valence-electron chi connectivity index (χ1n) is 6.18. The summed E-state index contributed by atoms with van der Waals surface area (Å²) in [6.45, 7) is 5.68. The Hall–Kier alpha value is -1.14. The zero-order valence-electron chi connectivity index (χ0n) is 10.6. The van der Waals surface area contributed by atoms with Gasteiger partial charge in [0.05, 0.1) is 6.61 Å². The van der Waals surface area contributed by atoms with E-state index >= 15 is 0 Å². The molecule has 1 atom stereocenters. The van der Waals surface area contributed by atoms with Gasteiger partial charge in [0.2, 0.25) is 5.16 Å². The molecule has 1 unspecified atom stereocenters. The fraction of sp³-hybridized carbons (Fsp3) is 0.583. The molecule has 1 aliphatic rings. The van der Waals surface area contributed by atoms with E-state index in [0.29, 0.717) is 11.0 Å². The van der Waals surface area contributed by atoms with E-state index in [9.17, 15) is 0 Å². The summed E-state index contributed by atoms with van der Waals surface area (Å²) in [7, 11) is 0. The smallest absolute Gasteiger partial charge is 0.253 e. The van der Waals surface area contributed by atoms with Crippen LogP contribution >= 0.6 is 11.8 Å². The Balaban J connectivity index is 1.86. The molecule has 3 rings (SSSR count). The van der Waals surface area contributed by atoms with E-state index in [-0.39, 0.29) is 0 Å². The molecule has 2 aromatic rings. The fourth-order valence-corrected chi connectivity index (χ4v) is 3.16. The third-order valence-corrected chi connectivity index (χ3v) is 4.08. The highest BCUT2D eigenvalue weighted by molar-refractivity contribution is 7.99. The summed E-state index contributed by atoms with van der Waals surface area (Å²) in [6.07, 6.45) is 2.30. The summed E-state index contributed by atoms with van der Waals surface area (Å²) in [5.74, 6) is 0.687. The zero-order valence-corrected chi connectivity index (χ0v) is 11.4. The van der Waals surface area contributed by atoms with E-state index in [1.165, 1.54) is 6.42 Å². The predicted molar refractivity (Wildman–Crippen MR) is 70.0 cm³/mol. The maximum atomic E-state index is 5.47. The third-order valence-electron chi connectivity index (χ3n) is 2.99. The molecular weight excluding hydrogens is 248 g/mol. The normalized spacial score (nSPS) is 20.4. The van der Waals surface area contributed by atoms with Crippen molar-refractivity contribution in [3.05, 3.63) is 17.5 Å². The summed E-state index contributed by atoms with van der Waals surface area (Å²) in [5, 5.41) is 5.77. The Bertz CT molecular complexity index is 562. The summed E-state index contributed by atoms with van der Waals surface area (Å²) in [5.41, 5.74) is 2.04. The second kappa shape index (κ2) is 4.85. The first kappa shape index (κ1) is 11.9. The van der Waals surface area contributed by atoms with Crippen molar-refractivity contribution in [2.75, 3.05) is 13.2 Å². The van der Waals surface area contributed by atoms with Gasteiger partial charge in [-0.05, 0) is 32.8 Å². The summed E-state index contributed by atoms with van der Waals surface area (Å²) >= 11 is 1.70. The minimum atomic E-state index is 0.470. The van der Waals surface area contributed by atoms with Gasteiger partial charge < -0.3 is 4.74 Å². The van der Waals surface area contributed by atoms with Crippen LogP contribution in [0.4, 0.5) is 0 Å². The van der Waals surface area contributed by atoms with E-state index in [0.717, 1.165) is 36.2 Å². The molecule has 0 aliphatic carbocycles. The van der Waals surface area contributed by atoms with Gasteiger partial charge >= 0.3 is 0 Å². The van der Waals surface area contributed by atoms with Crippen molar-refractivity contribution < 1.29 is 4.74 Å². The van der Waals surface area contributed by atoms with Crippen LogP contribution in [0.2, 0.25) is 0 Å². The molecule has 0 radical (unpaired) electrons. The highest BCUT2D eigenvalue weighted by atomic mass is 32.2. The lowest BCUT2D eigenvalue weighted by atomic mass is 10.2. The standard InChI is InChI=1S/C12H16N4OS/c1-8-6-9(2)16-11(13-8)14-12(15-16)18-10-4-3-5-17-7-10/h6,10H,3-5,7H2,1-2H3. The molecular formula is C12H16N4OS. The molecule has 0 N–H and O–H groups in total. The van der Waals surface area contributed by atoms with Gasteiger partial charge in [-0.25, -0.2) is 9.50 Å². The quantitative estimate of drug-likeness (QED) is 0.830. The molecule has 0 spiro atoms. The number of rotatable bonds is 2. The molecule has 5 nitrogen and oxygen atoms in total. The third kappa shape index (κ3) is 2.35. The number of hydrogen-bond acceptors (Lipinski definition) is 5. The lowest BCUT2D eigenvalue weighted by Crippen LogP contribution is -2.19. The van der Waals surface area contributed by atoms with Crippen LogP contribution in [0.5, 0.6) is 0 Å². The first-order chi connectivity index (χ1) is 8.72. The maximum absolute atomic E-state index is 5.47. The van der Waals surface area contributed by atoms with Crippen molar-refractivity contribution in [2.24, 2.45) is 0 Å². The molecule has 0 saturated carbocycles. The highest BCUT2D eigenvalue weighted by Gasteiger charge is 2.18. The molecule has 6 heteroatoms. The molecule has 1 fully saturated rings. The Morgan fingerprint density at radius 3 is 3.06 bits per heavy atom. The largest absolute Gasteiger partial charge is 0.380 e. The van der Waals surface area contributed by atoms with E-state index in [1.54, 1.807) is 16.3 Å². The first-order valence-corrected chi connectivity index (χ1v) is 7.06. The maximum Gasteiger partial charge on any atom is 0.253 e. The molecule has 2 aromatic heterocycles. The minimum Gasteiger partial charge on any atom is -0.380 e. The number of fused-ring (bicyclic) bond motifs is 1. The summed E-state index contributed by atoms with van der Waals surface area (Å²) in [4.78, 5) is 8.87. The van der Waals surface area contributed by atoms with E-state index in [2.05, 4.69) is 15.1 Å². The van der Waals surface area contributed by atoms with Crippen molar-refractivity contribution in [3.63, 3.8) is 0 Å². The van der Waals surface area contributed by atoms with Gasteiger partial charge in [0.25, 0.3) is 5.78 Å². The van der Waals surface area contributed by atoms with E-state index < -0.39 is 0 Å². The van der Waals surface area contributed by atoms with Crippen molar-refractivity contribution >= 4 is 17.5 Å². The van der Waals surface area contributed by atoms with E-state index in [4.69, 9.17) is 4.74 Å². The number of nitrogens with zero attached hydrogens (tertiary/aromatic N) is 4. The second-order valence-corrected chi connectivity index (χ2v) is 5.87. The lowest BCUT2D eigenvalue weighted by Gasteiger charge is -2.19. The van der Waals surface area contributed by atoms with Gasteiger partial charge in [-0.1, -0.05) is 11.8 Å². The SMILES string of the molecule is Cc1cc(C)n2nc(SC3CCCOC3)nc2n1. The van der Waals surface area contributed by atoms with Crippen molar-refractivity contribution in [1.82, 2.24) is 19.6 Å². The van der Waals surface area contributed by atoms with Crippen LogP contribution in [0.15, 0.2) is 11.2 Å². The number of ether oxygens (including phenoxy) is 1. The average molecular weight is 264 g/mol. The van der Waals surface area contributed by atoms with Crippen LogP contribution in [-0.2, 0) is 4.74 Å². The molecule has 0 bridgehead atoms. The fourth-order valence-electron chi connectivity index (χ4n) is 2.15. The number of aryl methyl sites for hydroxylation is 2. The molecule has 1 aliphatic heterocycles. The van der Waals surface area contributed by atoms with Crippen LogP contribution in [0.3, 0.4) is 0 Å². The van der Waals surface area contributed by atoms with Crippen LogP contribution < -0.4 is 0 Å². The van der Waals surface area contributed by atoms with Gasteiger partial charge in [0.1, 0.15) is 0 Å². The Labute approximate surface area is 110 Å². The van der Waals surface area contributed by atoms with Gasteiger partial charge in [-0.15, -0.1) is 5.10 Å². The molecule has 18 heavy (non-hydrogen) atoms. The Morgan fingerprint density at radius 2 is 2.28 bits per heavy atom. The molecule has 96 valence electrons. The van der Waals surface area contributed by atoms with Gasteiger partial charge in [0.15, 0.2) is 0 Å². The lowest BCUT2D eigenvalue weighted by molar-refractivity contribution is 0.101. The second-order valence-electron chi connectivity index (χ2n) is 4.60. The Kier molecular flexibility index (Phi) is 3.22. The topological polar surface area (TPSA) is 52.3 Å². The average Bonchev–Trinajstić information content (AvgIpc) is 2.73. The summed E-state index contributed by atoms with van der Waals surface area (Å²) < 4.78 is 7.28. The monoisotopic (exact) mass is 264 g/mol. The van der Waals surface area contributed by atoms with Gasteiger partial charge in [-0.2, -0.15) is 4.98 Å². The summed E-state index contributed by atoms with van der Waals surface area (Å²) in [6, 6.07) is 2.01. The van der Waals surface area contributed by atoms with E-state index in [1.807, 2.05) is 19.9 Å². The van der Waals surface area contributed by atoms with Crippen molar-refractivity contribution in [3.8, 4) is 0 Å². The van der Waals surface area contributed by atoms with Crippen molar-refractivity contribution in [2.45, 2.75) is 37.1 Å². The van der Waals surface area contributed by atoms with Crippen molar-refractivity contribution in [1.29, 1.82) is 0 Å². The molecule has 0 amide bonds. The molecule has 0 aromatic carbocycles. The molecule has 1 saturated heterocycles. The van der Waals surface area contributed by atoms with Gasteiger partial charge in [0, 0.05) is 23.2 Å². The van der Waals surface area contributed by atoms with Crippen LogP contribution in [-0.4, -0.2) is 38.0 Å². The number of thioether (sulfide) groups is 1. The minimum absolute atomic E-state index is 0.470. The van der Waals surface area contributed by atoms with Crippen LogP contribution in [0.1, 0.15) is 24.2 Å². The zero-order chi connectivity index (χ0) is 12.5. The van der Waals surface area contributed by atoms with Crippen LogP contribution in [0, 0.1) is 13.8 Å². The Morgan fingerprint density at radius 1 is 1.39 bits per heavy atom. The molecule has 3 heterocycles. The number of aromatic nitrogens is 4. The predicted octanol–water partition coefficient (Wildman–Crippen LogP) is 2.01.